The van der Waals surface area contributed by atoms with Crippen LogP contribution in [-0.4, -0.2) is 34.8 Å². The van der Waals surface area contributed by atoms with Gasteiger partial charge in [-0.2, -0.15) is 10.1 Å². The summed E-state index contributed by atoms with van der Waals surface area (Å²) in [5.41, 5.74) is 3.60. The second-order valence-corrected chi connectivity index (χ2v) is 7.49. The first-order chi connectivity index (χ1) is 14.7. The molecule has 2 heterocycles. The van der Waals surface area contributed by atoms with Crippen LogP contribution in [0.15, 0.2) is 66.1 Å². The van der Waals surface area contributed by atoms with Gasteiger partial charge in [0.1, 0.15) is 23.9 Å². The zero-order valence-corrected chi connectivity index (χ0v) is 16.8. The van der Waals surface area contributed by atoms with E-state index in [2.05, 4.69) is 27.5 Å². The van der Waals surface area contributed by atoms with E-state index in [0.29, 0.717) is 29.4 Å². The van der Waals surface area contributed by atoms with Crippen LogP contribution >= 0.6 is 0 Å². The molecular weight excluding hydrogens is 380 g/mol. The van der Waals surface area contributed by atoms with E-state index >= 15 is 0 Å². The maximum atomic E-state index is 13.5. The molecule has 0 unspecified atom stereocenters. The zero-order chi connectivity index (χ0) is 20.7. The van der Waals surface area contributed by atoms with Crippen molar-refractivity contribution in [2.24, 2.45) is 0 Å². The molecular formula is C23H22N4O3. The van der Waals surface area contributed by atoms with Gasteiger partial charge in [-0.1, -0.05) is 30.3 Å². The van der Waals surface area contributed by atoms with Crippen molar-refractivity contribution in [3.8, 4) is 11.5 Å². The van der Waals surface area contributed by atoms with Crippen LogP contribution in [0, 0.1) is 0 Å². The van der Waals surface area contributed by atoms with E-state index in [-0.39, 0.29) is 11.7 Å². The lowest BCUT2D eigenvalue weighted by Crippen LogP contribution is -2.33. The molecule has 7 heteroatoms. The Bertz CT molecular complexity index is 1140. The summed E-state index contributed by atoms with van der Waals surface area (Å²) in [6, 6.07) is 15.4. The molecule has 1 N–H and O–H groups in total. The van der Waals surface area contributed by atoms with E-state index in [0.717, 1.165) is 17.7 Å². The summed E-state index contributed by atoms with van der Waals surface area (Å²) in [6.07, 6.45) is 2.69. The number of hydrogen-bond acceptors (Lipinski definition) is 6. The standard InChI is InChI=1S/C23H22N4O3/c1-29-16-8-9-20(30-2)17(12-16)22-21-18(26-23-24-13-25-27(22)23)10-15(11-19(21)28)14-6-4-3-5-7-14/h3-9,12-13,15,22H,10-11H2,1-2H3,(H,24,25,26)/t15-,22-/m1/s1. The van der Waals surface area contributed by atoms with Crippen molar-refractivity contribution in [3.63, 3.8) is 0 Å². The van der Waals surface area contributed by atoms with Crippen molar-refractivity contribution < 1.29 is 14.3 Å². The molecule has 2 atom stereocenters. The summed E-state index contributed by atoms with van der Waals surface area (Å²) in [4.78, 5) is 17.8. The molecule has 7 nitrogen and oxygen atoms in total. The van der Waals surface area contributed by atoms with Gasteiger partial charge in [0.2, 0.25) is 5.95 Å². The average Bonchev–Trinajstić information content (AvgIpc) is 3.26. The summed E-state index contributed by atoms with van der Waals surface area (Å²) in [7, 11) is 3.24. The molecule has 0 amide bonds. The topological polar surface area (TPSA) is 78.3 Å². The molecule has 0 fully saturated rings. The number of ether oxygens (including phenoxy) is 2. The number of nitrogens with zero attached hydrogens (tertiary/aromatic N) is 3. The molecule has 152 valence electrons. The number of nitrogens with one attached hydrogen (secondary N) is 1. The third-order valence-electron chi connectivity index (χ3n) is 5.86. The van der Waals surface area contributed by atoms with Crippen molar-refractivity contribution in [2.75, 3.05) is 19.5 Å². The third-order valence-corrected chi connectivity index (χ3v) is 5.86. The molecule has 2 aromatic carbocycles. The number of methoxy groups -OCH3 is 2. The third kappa shape index (κ3) is 2.94. The fraction of sp³-hybridized carbons (Fsp3) is 0.261. The van der Waals surface area contributed by atoms with Crippen molar-refractivity contribution in [1.29, 1.82) is 0 Å². The van der Waals surface area contributed by atoms with Crippen molar-refractivity contribution in [1.82, 2.24) is 14.8 Å². The fourth-order valence-electron chi connectivity index (χ4n) is 4.45. The monoisotopic (exact) mass is 402 g/mol. The van der Waals surface area contributed by atoms with Gasteiger partial charge in [0.05, 0.1) is 14.2 Å². The van der Waals surface area contributed by atoms with Gasteiger partial charge in [-0.05, 0) is 36.1 Å². The first kappa shape index (κ1) is 18.4. The van der Waals surface area contributed by atoms with Crippen molar-refractivity contribution in [3.05, 3.63) is 77.3 Å². The van der Waals surface area contributed by atoms with Crippen LogP contribution in [-0.2, 0) is 4.79 Å². The number of fused-ring (bicyclic) bond motifs is 1. The lowest BCUT2D eigenvalue weighted by Gasteiger charge is -2.35. The number of Topliss-reactive ketones (excluding diaryl/α,β-unsaturated/α-hetero) is 1. The molecule has 3 aromatic rings. The Labute approximate surface area is 174 Å². The molecule has 0 radical (unpaired) electrons. The average molecular weight is 402 g/mol. The van der Waals surface area contributed by atoms with E-state index in [4.69, 9.17) is 9.47 Å². The molecule has 0 bridgehead atoms. The number of carbonyl (C=O) groups excluding carboxylic acids is 1. The van der Waals surface area contributed by atoms with Crippen molar-refractivity contribution in [2.45, 2.75) is 24.8 Å². The van der Waals surface area contributed by atoms with Crippen molar-refractivity contribution >= 4 is 11.7 Å². The quantitative estimate of drug-likeness (QED) is 0.717. The summed E-state index contributed by atoms with van der Waals surface area (Å²) >= 11 is 0. The van der Waals surface area contributed by atoms with E-state index < -0.39 is 6.04 Å². The van der Waals surface area contributed by atoms with Gasteiger partial charge < -0.3 is 14.8 Å². The van der Waals surface area contributed by atoms with Crippen LogP contribution in [0.4, 0.5) is 5.95 Å². The van der Waals surface area contributed by atoms with E-state index in [1.165, 1.54) is 11.9 Å². The number of hydrogen-bond donors (Lipinski definition) is 1. The van der Waals surface area contributed by atoms with Crippen LogP contribution in [0.25, 0.3) is 0 Å². The number of allylic oxidation sites excluding steroid dienone is 2. The second-order valence-electron chi connectivity index (χ2n) is 7.49. The second kappa shape index (κ2) is 7.33. The molecule has 1 aliphatic heterocycles. The summed E-state index contributed by atoms with van der Waals surface area (Å²) in [6.45, 7) is 0. The number of aromatic nitrogens is 3. The fourth-order valence-corrected chi connectivity index (χ4v) is 4.45. The van der Waals surface area contributed by atoms with E-state index in [1.54, 1.807) is 18.9 Å². The van der Waals surface area contributed by atoms with E-state index in [1.807, 2.05) is 36.4 Å². The highest BCUT2D eigenvalue weighted by Gasteiger charge is 2.40. The molecule has 2 aliphatic rings. The molecule has 30 heavy (non-hydrogen) atoms. The van der Waals surface area contributed by atoms with Gasteiger partial charge in [0, 0.05) is 23.3 Å². The Morgan fingerprint density at radius 3 is 2.67 bits per heavy atom. The number of ketones is 1. The minimum Gasteiger partial charge on any atom is -0.497 e. The maximum Gasteiger partial charge on any atom is 0.226 e. The van der Waals surface area contributed by atoms with Crippen LogP contribution in [0.2, 0.25) is 0 Å². The highest BCUT2D eigenvalue weighted by Crippen LogP contribution is 2.46. The smallest absolute Gasteiger partial charge is 0.226 e. The lowest BCUT2D eigenvalue weighted by atomic mass is 9.78. The molecule has 0 saturated carbocycles. The number of rotatable bonds is 4. The Kier molecular flexibility index (Phi) is 4.50. The van der Waals surface area contributed by atoms with Gasteiger partial charge in [-0.15, -0.1) is 0 Å². The number of benzene rings is 2. The summed E-state index contributed by atoms with van der Waals surface area (Å²) < 4.78 is 12.8. The minimum absolute atomic E-state index is 0.105. The predicted octanol–water partition coefficient (Wildman–Crippen LogP) is 3.71. The number of anilines is 1. The Hall–Kier alpha value is -3.61. The van der Waals surface area contributed by atoms with Crippen LogP contribution in [0.5, 0.6) is 11.5 Å². The normalized spacial score (nSPS) is 20.3. The molecule has 0 spiro atoms. The Morgan fingerprint density at radius 2 is 1.90 bits per heavy atom. The van der Waals surface area contributed by atoms with Gasteiger partial charge in [0.15, 0.2) is 5.78 Å². The summed E-state index contributed by atoms with van der Waals surface area (Å²) in [5.74, 6) is 2.22. The largest absolute Gasteiger partial charge is 0.497 e. The van der Waals surface area contributed by atoms with Crippen LogP contribution < -0.4 is 14.8 Å². The van der Waals surface area contributed by atoms with Gasteiger partial charge in [-0.3, -0.25) is 4.79 Å². The summed E-state index contributed by atoms with van der Waals surface area (Å²) in [5, 5.41) is 7.76. The highest BCUT2D eigenvalue weighted by atomic mass is 16.5. The van der Waals surface area contributed by atoms with Gasteiger partial charge in [0.25, 0.3) is 0 Å². The minimum atomic E-state index is -0.423. The van der Waals surface area contributed by atoms with Crippen LogP contribution in [0.1, 0.15) is 35.9 Å². The first-order valence-corrected chi connectivity index (χ1v) is 9.89. The Balaban J connectivity index is 1.65. The molecule has 0 saturated heterocycles. The van der Waals surface area contributed by atoms with E-state index in [9.17, 15) is 4.79 Å². The van der Waals surface area contributed by atoms with Gasteiger partial charge >= 0.3 is 0 Å². The Morgan fingerprint density at radius 1 is 1.07 bits per heavy atom. The maximum absolute atomic E-state index is 13.5. The lowest BCUT2D eigenvalue weighted by molar-refractivity contribution is -0.116. The highest BCUT2D eigenvalue weighted by molar-refractivity contribution is 6.00. The number of carbonyl (C=O) groups is 1. The molecule has 5 rings (SSSR count). The molecule has 1 aliphatic carbocycles. The first-order valence-electron chi connectivity index (χ1n) is 9.89. The van der Waals surface area contributed by atoms with Crippen LogP contribution in [0.3, 0.4) is 0 Å². The SMILES string of the molecule is COc1ccc(OC)c([C@@H]2C3=C(C[C@@H](c4ccccc4)CC3=O)Nc3ncnn32)c1. The molecule has 1 aromatic heterocycles. The predicted molar refractivity (Wildman–Crippen MR) is 112 cm³/mol. The zero-order valence-electron chi connectivity index (χ0n) is 16.8. The van der Waals surface area contributed by atoms with Gasteiger partial charge in [-0.25, -0.2) is 4.68 Å².